The molecule has 1 aromatic heterocycles. The van der Waals surface area contributed by atoms with E-state index in [9.17, 15) is 9.59 Å². The van der Waals surface area contributed by atoms with Crippen LogP contribution in [-0.4, -0.2) is 21.1 Å². The van der Waals surface area contributed by atoms with Crippen molar-refractivity contribution < 1.29 is 4.79 Å². The summed E-state index contributed by atoms with van der Waals surface area (Å²) in [5, 5.41) is 1.29. The van der Waals surface area contributed by atoms with Gasteiger partial charge in [-0.15, -0.1) is 0 Å². The molecule has 0 spiro atoms. The highest BCUT2D eigenvalue weighted by molar-refractivity contribution is 7.99. The molecule has 132 valence electrons. The second-order valence-electron chi connectivity index (χ2n) is 6.85. The molecule has 1 aliphatic carbocycles. The third-order valence-corrected chi connectivity index (χ3v) is 5.67. The van der Waals surface area contributed by atoms with Gasteiger partial charge in [-0.3, -0.25) is 14.2 Å². The van der Waals surface area contributed by atoms with Crippen LogP contribution in [-0.2, 0) is 0 Å². The summed E-state index contributed by atoms with van der Waals surface area (Å²) < 4.78 is 1.78. The number of para-hydroxylation sites is 1. The lowest BCUT2D eigenvalue weighted by molar-refractivity contribution is 0.102. The molecular formula is C21H20N2O2S. The SMILES string of the molecule is Cc1ccc(C)c(C(=O)CSc2nc3ccccc3c(=O)n2C2CC2)c1. The number of Topliss-reactive ketones (excluding diaryl/α,β-unsaturated/α-hetero) is 1. The third-order valence-electron chi connectivity index (χ3n) is 4.71. The molecule has 1 fully saturated rings. The van der Waals surface area contributed by atoms with E-state index < -0.39 is 0 Å². The number of aromatic nitrogens is 2. The van der Waals surface area contributed by atoms with Crippen molar-refractivity contribution in [2.45, 2.75) is 37.9 Å². The Morgan fingerprint density at radius 3 is 2.73 bits per heavy atom. The van der Waals surface area contributed by atoms with E-state index in [4.69, 9.17) is 0 Å². The lowest BCUT2D eigenvalue weighted by atomic mass is 10.0. The highest BCUT2D eigenvalue weighted by Crippen LogP contribution is 2.37. The molecule has 0 atom stereocenters. The smallest absolute Gasteiger partial charge is 0.262 e. The van der Waals surface area contributed by atoms with Gasteiger partial charge in [-0.1, -0.05) is 41.6 Å². The molecule has 1 saturated carbocycles. The summed E-state index contributed by atoms with van der Waals surface area (Å²) in [6.45, 7) is 3.94. The summed E-state index contributed by atoms with van der Waals surface area (Å²) >= 11 is 1.36. The molecular weight excluding hydrogens is 344 g/mol. The number of benzene rings is 2. The summed E-state index contributed by atoms with van der Waals surface area (Å²) in [5.41, 5.74) is 3.49. The van der Waals surface area contributed by atoms with Crippen molar-refractivity contribution in [1.29, 1.82) is 0 Å². The fourth-order valence-electron chi connectivity index (χ4n) is 3.13. The van der Waals surface area contributed by atoms with Crippen LogP contribution in [0.25, 0.3) is 10.9 Å². The lowest BCUT2D eigenvalue weighted by Crippen LogP contribution is -2.23. The maximum atomic E-state index is 12.9. The number of thioether (sulfide) groups is 1. The molecule has 0 bridgehead atoms. The molecule has 0 saturated heterocycles. The Hall–Kier alpha value is -2.40. The van der Waals surface area contributed by atoms with Crippen LogP contribution >= 0.6 is 11.8 Å². The number of rotatable bonds is 5. The van der Waals surface area contributed by atoms with Gasteiger partial charge in [0.25, 0.3) is 5.56 Å². The minimum absolute atomic E-state index is 0.000199. The second-order valence-corrected chi connectivity index (χ2v) is 7.79. The van der Waals surface area contributed by atoms with Gasteiger partial charge in [0.05, 0.1) is 16.7 Å². The van der Waals surface area contributed by atoms with Crippen LogP contribution in [0, 0.1) is 13.8 Å². The first-order valence-corrected chi connectivity index (χ1v) is 9.77. The standard InChI is InChI=1S/C21H20N2O2S/c1-13-7-8-14(2)17(11-13)19(24)12-26-21-22-18-6-4-3-5-16(18)20(25)23(21)15-9-10-15/h3-8,11,15H,9-10,12H2,1-2H3. The quantitative estimate of drug-likeness (QED) is 0.384. The van der Waals surface area contributed by atoms with Gasteiger partial charge in [0.1, 0.15) is 0 Å². The Bertz CT molecular complexity index is 1070. The molecule has 0 N–H and O–H groups in total. The molecule has 26 heavy (non-hydrogen) atoms. The van der Waals surface area contributed by atoms with Crippen LogP contribution in [0.4, 0.5) is 0 Å². The molecule has 5 heteroatoms. The summed E-state index contributed by atoms with van der Waals surface area (Å²) in [7, 11) is 0. The summed E-state index contributed by atoms with van der Waals surface area (Å²) in [6, 6.07) is 13.5. The Labute approximate surface area is 156 Å². The Kier molecular flexibility index (Phi) is 4.41. The van der Waals surface area contributed by atoms with Crippen LogP contribution < -0.4 is 5.56 Å². The number of ketones is 1. The molecule has 4 nitrogen and oxygen atoms in total. The van der Waals surface area contributed by atoms with Gasteiger partial charge in [-0.25, -0.2) is 4.98 Å². The fraction of sp³-hybridized carbons (Fsp3) is 0.286. The van der Waals surface area contributed by atoms with E-state index >= 15 is 0 Å². The van der Waals surface area contributed by atoms with Crippen LogP contribution in [0.5, 0.6) is 0 Å². The molecule has 4 rings (SSSR count). The molecule has 0 aliphatic heterocycles. The van der Waals surface area contributed by atoms with Crippen molar-refractivity contribution >= 4 is 28.4 Å². The van der Waals surface area contributed by atoms with Crippen LogP contribution in [0.3, 0.4) is 0 Å². The number of hydrogen-bond acceptors (Lipinski definition) is 4. The predicted molar refractivity (Wildman–Crippen MR) is 105 cm³/mol. The zero-order chi connectivity index (χ0) is 18.3. The van der Waals surface area contributed by atoms with Gasteiger partial charge in [-0.2, -0.15) is 0 Å². The maximum Gasteiger partial charge on any atom is 0.262 e. The Balaban J connectivity index is 1.67. The lowest BCUT2D eigenvalue weighted by Gasteiger charge is -2.12. The second kappa shape index (κ2) is 6.72. The van der Waals surface area contributed by atoms with Crippen molar-refractivity contribution in [1.82, 2.24) is 9.55 Å². The monoisotopic (exact) mass is 364 g/mol. The molecule has 3 aromatic rings. The predicted octanol–water partition coefficient (Wildman–Crippen LogP) is 4.32. The zero-order valence-electron chi connectivity index (χ0n) is 14.9. The number of hydrogen-bond donors (Lipinski definition) is 0. The molecule has 0 amide bonds. The van der Waals surface area contributed by atoms with E-state index in [0.29, 0.717) is 16.1 Å². The summed E-state index contributed by atoms with van der Waals surface area (Å²) in [6.07, 6.45) is 2.00. The highest BCUT2D eigenvalue weighted by atomic mass is 32.2. The van der Waals surface area contributed by atoms with E-state index in [1.807, 2.05) is 56.3 Å². The van der Waals surface area contributed by atoms with Gasteiger partial charge < -0.3 is 0 Å². The molecule has 0 radical (unpaired) electrons. The van der Waals surface area contributed by atoms with E-state index in [-0.39, 0.29) is 23.1 Å². The van der Waals surface area contributed by atoms with E-state index in [2.05, 4.69) is 4.98 Å². The van der Waals surface area contributed by atoms with Crippen molar-refractivity contribution in [3.63, 3.8) is 0 Å². The summed E-state index contributed by atoms with van der Waals surface area (Å²) in [4.78, 5) is 30.2. The minimum atomic E-state index is -0.000199. The van der Waals surface area contributed by atoms with Gasteiger partial charge in [0.15, 0.2) is 10.9 Å². The first kappa shape index (κ1) is 17.0. The topological polar surface area (TPSA) is 52.0 Å². The van der Waals surface area contributed by atoms with Crippen molar-refractivity contribution in [2.24, 2.45) is 0 Å². The normalized spacial score (nSPS) is 13.9. The minimum Gasteiger partial charge on any atom is -0.293 e. The average molecular weight is 364 g/mol. The van der Waals surface area contributed by atoms with Gasteiger partial charge in [-0.05, 0) is 50.5 Å². The van der Waals surface area contributed by atoms with Crippen molar-refractivity contribution in [2.75, 3.05) is 5.75 Å². The zero-order valence-corrected chi connectivity index (χ0v) is 15.7. The average Bonchev–Trinajstić information content (AvgIpc) is 3.46. The highest BCUT2D eigenvalue weighted by Gasteiger charge is 2.28. The third kappa shape index (κ3) is 3.19. The van der Waals surface area contributed by atoms with E-state index in [1.54, 1.807) is 4.57 Å². The van der Waals surface area contributed by atoms with Gasteiger partial charge >= 0.3 is 0 Å². The first-order chi connectivity index (χ1) is 12.5. The van der Waals surface area contributed by atoms with Crippen LogP contribution in [0.2, 0.25) is 0 Å². The van der Waals surface area contributed by atoms with Gasteiger partial charge in [0.2, 0.25) is 0 Å². The number of fused-ring (bicyclic) bond motifs is 1. The van der Waals surface area contributed by atoms with Crippen LogP contribution in [0.1, 0.15) is 40.4 Å². The van der Waals surface area contributed by atoms with Crippen molar-refractivity contribution in [3.05, 3.63) is 69.5 Å². The molecule has 1 aliphatic rings. The summed E-state index contributed by atoms with van der Waals surface area (Å²) in [5.74, 6) is 0.350. The number of carbonyl (C=O) groups excluding carboxylic acids is 1. The fourth-order valence-corrected chi connectivity index (χ4v) is 4.08. The van der Waals surface area contributed by atoms with E-state index in [1.165, 1.54) is 11.8 Å². The van der Waals surface area contributed by atoms with Crippen molar-refractivity contribution in [3.8, 4) is 0 Å². The number of aryl methyl sites for hydroxylation is 2. The largest absolute Gasteiger partial charge is 0.293 e. The van der Waals surface area contributed by atoms with Gasteiger partial charge in [0, 0.05) is 11.6 Å². The number of nitrogens with zero attached hydrogens (tertiary/aromatic N) is 2. The Morgan fingerprint density at radius 2 is 1.96 bits per heavy atom. The molecule has 2 aromatic carbocycles. The maximum absolute atomic E-state index is 12.9. The molecule has 0 unspecified atom stereocenters. The Morgan fingerprint density at radius 1 is 1.19 bits per heavy atom. The molecule has 1 heterocycles. The first-order valence-electron chi connectivity index (χ1n) is 8.79. The van der Waals surface area contributed by atoms with Crippen LogP contribution in [0.15, 0.2) is 52.4 Å². The number of carbonyl (C=O) groups is 1. The van der Waals surface area contributed by atoms with E-state index in [0.717, 1.165) is 29.5 Å².